The summed E-state index contributed by atoms with van der Waals surface area (Å²) >= 11 is 0. The van der Waals surface area contributed by atoms with Crippen molar-refractivity contribution >= 4 is 17.5 Å². The van der Waals surface area contributed by atoms with Gasteiger partial charge in [-0.25, -0.2) is 19.7 Å². The predicted octanol–water partition coefficient (Wildman–Crippen LogP) is 4.22. The van der Waals surface area contributed by atoms with E-state index in [1.54, 1.807) is 30.5 Å². The minimum absolute atomic E-state index is 0.157. The summed E-state index contributed by atoms with van der Waals surface area (Å²) in [5, 5.41) is 21.3. The number of likely N-dealkylation sites (tertiary alicyclic amines) is 1. The van der Waals surface area contributed by atoms with E-state index in [-0.39, 0.29) is 6.04 Å². The highest BCUT2D eigenvalue weighted by Crippen LogP contribution is 2.32. The number of rotatable bonds is 6. The van der Waals surface area contributed by atoms with Gasteiger partial charge in [-0.3, -0.25) is 4.90 Å². The van der Waals surface area contributed by atoms with Crippen LogP contribution in [0.4, 0.5) is 11.5 Å². The number of benzene rings is 1. The Labute approximate surface area is 186 Å². The van der Waals surface area contributed by atoms with Gasteiger partial charge in [0.25, 0.3) is 0 Å². The van der Waals surface area contributed by atoms with Gasteiger partial charge in [0.2, 0.25) is 0 Å². The Morgan fingerprint density at radius 3 is 2.72 bits per heavy atom. The molecule has 8 heteroatoms. The Balaban J connectivity index is 1.54. The highest BCUT2D eigenvalue weighted by atomic mass is 16.4. The van der Waals surface area contributed by atoms with E-state index in [1.165, 1.54) is 0 Å². The van der Waals surface area contributed by atoms with E-state index in [9.17, 15) is 4.79 Å². The number of hydrogen-bond donors (Lipinski definition) is 2. The van der Waals surface area contributed by atoms with E-state index in [1.807, 2.05) is 31.2 Å². The summed E-state index contributed by atoms with van der Waals surface area (Å²) in [4.78, 5) is 26.8. The lowest BCUT2D eigenvalue weighted by Crippen LogP contribution is -2.33. The molecule has 1 aliphatic rings. The second-order valence-electron chi connectivity index (χ2n) is 7.88. The normalized spacial score (nSPS) is 16.3. The maximum absolute atomic E-state index is 11.1. The second-order valence-corrected chi connectivity index (χ2v) is 7.88. The van der Waals surface area contributed by atoms with Gasteiger partial charge in [-0.2, -0.15) is 5.26 Å². The fourth-order valence-corrected chi connectivity index (χ4v) is 4.01. The lowest BCUT2D eigenvalue weighted by Gasteiger charge is -2.35. The SMILES string of the molecule is Cc1nc(Nc2ccc(C#N)nc2)cc(C2CCCCN2Cc2ccc(C(=O)O)cc2)n1. The summed E-state index contributed by atoms with van der Waals surface area (Å²) in [6.07, 6.45) is 4.87. The minimum Gasteiger partial charge on any atom is -0.478 e. The van der Waals surface area contributed by atoms with Crippen LogP contribution in [0.3, 0.4) is 0 Å². The molecule has 0 radical (unpaired) electrons. The fourth-order valence-electron chi connectivity index (χ4n) is 4.01. The smallest absolute Gasteiger partial charge is 0.335 e. The number of nitriles is 1. The lowest BCUT2D eigenvalue weighted by atomic mass is 9.98. The van der Waals surface area contributed by atoms with Crippen molar-refractivity contribution in [2.24, 2.45) is 0 Å². The maximum Gasteiger partial charge on any atom is 0.335 e. The van der Waals surface area contributed by atoms with Crippen molar-refractivity contribution < 1.29 is 9.90 Å². The third kappa shape index (κ3) is 5.07. The molecule has 1 saturated heterocycles. The van der Waals surface area contributed by atoms with Gasteiger partial charge in [-0.15, -0.1) is 0 Å². The number of carboxylic acids is 1. The molecule has 0 aliphatic carbocycles. The monoisotopic (exact) mass is 428 g/mol. The molecule has 2 aromatic heterocycles. The summed E-state index contributed by atoms with van der Waals surface area (Å²) in [7, 11) is 0. The lowest BCUT2D eigenvalue weighted by molar-refractivity contribution is 0.0697. The van der Waals surface area contributed by atoms with Crippen molar-refractivity contribution in [1.29, 1.82) is 5.26 Å². The summed E-state index contributed by atoms with van der Waals surface area (Å²) in [5.74, 6) is 0.458. The maximum atomic E-state index is 11.1. The molecule has 0 bridgehead atoms. The van der Waals surface area contributed by atoms with Crippen LogP contribution < -0.4 is 5.32 Å². The fraction of sp³-hybridized carbons (Fsp3) is 0.292. The first-order chi connectivity index (χ1) is 15.5. The zero-order valence-electron chi connectivity index (χ0n) is 17.8. The molecule has 3 aromatic rings. The zero-order chi connectivity index (χ0) is 22.5. The van der Waals surface area contributed by atoms with Gasteiger partial charge in [0.15, 0.2) is 0 Å². The first-order valence-corrected chi connectivity index (χ1v) is 10.6. The molecule has 32 heavy (non-hydrogen) atoms. The third-order valence-electron chi connectivity index (χ3n) is 5.55. The van der Waals surface area contributed by atoms with Crippen LogP contribution in [0.1, 0.15) is 58.4 Å². The van der Waals surface area contributed by atoms with Crippen molar-refractivity contribution in [3.8, 4) is 6.07 Å². The van der Waals surface area contributed by atoms with Crippen molar-refractivity contribution in [3.05, 3.63) is 77.0 Å². The van der Waals surface area contributed by atoms with Gasteiger partial charge in [0.05, 0.1) is 29.2 Å². The number of pyridine rings is 1. The second kappa shape index (κ2) is 9.54. The first kappa shape index (κ1) is 21.4. The quantitative estimate of drug-likeness (QED) is 0.600. The summed E-state index contributed by atoms with van der Waals surface area (Å²) < 4.78 is 0. The average molecular weight is 428 g/mol. The van der Waals surface area contributed by atoms with E-state index >= 15 is 0 Å². The van der Waals surface area contributed by atoms with Gasteiger partial charge < -0.3 is 10.4 Å². The molecule has 1 aromatic carbocycles. The van der Waals surface area contributed by atoms with E-state index < -0.39 is 5.97 Å². The molecule has 1 fully saturated rings. The van der Waals surface area contributed by atoms with Crippen LogP contribution in [0.25, 0.3) is 0 Å². The molecular formula is C24H24N6O2. The number of aromatic nitrogens is 3. The number of nitrogens with zero attached hydrogens (tertiary/aromatic N) is 5. The molecule has 162 valence electrons. The van der Waals surface area contributed by atoms with Crippen LogP contribution in [-0.4, -0.2) is 37.5 Å². The van der Waals surface area contributed by atoms with Crippen molar-refractivity contribution in [1.82, 2.24) is 19.9 Å². The van der Waals surface area contributed by atoms with Gasteiger partial charge in [-0.1, -0.05) is 18.6 Å². The molecule has 3 heterocycles. The third-order valence-corrected chi connectivity index (χ3v) is 5.55. The Kier molecular flexibility index (Phi) is 6.38. The number of carboxylic acid groups (broad SMARTS) is 1. The summed E-state index contributed by atoms with van der Waals surface area (Å²) in [6, 6.07) is 14.7. The number of piperidine rings is 1. The van der Waals surface area contributed by atoms with Crippen LogP contribution in [0.15, 0.2) is 48.7 Å². The van der Waals surface area contributed by atoms with E-state index in [0.29, 0.717) is 22.9 Å². The van der Waals surface area contributed by atoms with Crippen molar-refractivity contribution in [2.45, 2.75) is 38.8 Å². The summed E-state index contributed by atoms with van der Waals surface area (Å²) in [5.41, 5.74) is 3.46. The highest BCUT2D eigenvalue weighted by Gasteiger charge is 2.26. The van der Waals surface area contributed by atoms with Crippen LogP contribution in [0.2, 0.25) is 0 Å². The highest BCUT2D eigenvalue weighted by molar-refractivity contribution is 5.87. The number of aromatic carboxylic acids is 1. The standard InChI is InChI=1S/C24H24N6O2/c1-16-27-21(12-23(28-16)29-20-10-9-19(13-25)26-14-20)22-4-2-3-11-30(22)15-17-5-7-18(8-6-17)24(31)32/h5-10,12,14,22H,2-4,11,15H2,1H3,(H,31,32)(H,27,28,29). The van der Waals surface area contributed by atoms with Crippen LogP contribution in [0, 0.1) is 18.3 Å². The van der Waals surface area contributed by atoms with E-state index in [0.717, 1.165) is 49.3 Å². The Bertz CT molecular complexity index is 1140. The van der Waals surface area contributed by atoms with Gasteiger partial charge in [0, 0.05) is 12.6 Å². The number of carbonyl (C=O) groups is 1. The van der Waals surface area contributed by atoms with Crippen LogP contribution >= 0.6 is 0 Å². The molecular weight excluding hydrogens is 404 g/mol. The van der Waals surface area contributed by atoms with Crippen molar-refractivity contribution in [2.75, 3.05) is 11.9 Å². The number of hydrogen-bond acceptors (Lipinski definition) is 7. The summed E-state index contributed by atoms with van der Waals surface area (Å²) in [6.45, 7) is 3.57. The number of aryl methyl sites for hydroxylation is 1. The molecule has 4 rings (SSSR count). The van der Waals surface area contributed by atoms with E-state index in [2.05, 4.69) is 20.2 Å². The molecule has 1 unspecified atom stereocenters. The van der Waals surface area contributed by atoms with Gasteiger partial charge in [-0.05, 0) is 56.1 Å². The molecule has 2 N–H and O–H groups in total. The zero-order valence-corrected chi connectivity index (χ0v) is 17.8. The molecule has 1 atom stereocenters. The van der Waals surface area contributed by atoms with Crippen LogP contribution in [0.5, 0.6) is 0 Å². The molecule has 0 saturated carbocycles. The Morgan fingerprint density at radius 2 is 2.03 bits per heavy atom. The largest absolute Gasteiger partial charge is 0.478 e. The molecule has 0 spiro atoms. The molecule has 1 aliphatic heterocycles. The predicted molar refractivity (Wildman–Crippen MR) is 119 cm³/mol. The Morgan fingerprint density at radius 1 is 1.22 bits per heavy atom. The van der Waals surface area contributed by atoms with Crippen LogP contribution in [-0.2, 0) is 6.54 Å². The van der Waals surface area contributed by atoms with Crippen molar-refractivity contribution in [3.63, 3.8) is 0 Å². The molecule has 8 nitrogen and oxygen atoms in total. The van der Waals surface area contributed by atoms with Gasteiger partial charge >= 0.3 is 5.97 Å². The minimum atomic E-state index is -0.915. The Hall–Kier alpha value is -3.83. The van der Waals surface area contributed by atoms with Gasteiger partial charge in [0.1, 0.15) is 23.4 Å². The first-order valence-electron chi connectivity index (χ1n) is 10.6. The average Bonchev–Trinajstić information content (AvgIpc) is 2.80. The molecule has 0 amide bonds. The number of nitrogens with one attached hydrogen (secondary N) is 1. The number of anilines is 2. The van der Waals surface area contributed by atoms with E-state index in [4.69, 9.17) is 15.4 Å². The topological polar surface area (TPSA) is 115 Å².